The van der Waals surface area contributed by atoms with Crippen LogP contribution in [-0.2, 0) is 17.8 Å². The molecular formula is C21H18O3. The molecule has 0 aliphatic carbocycles. The summed E-state index contributed by atoms with van der Waals surface area (Å²) >= 11 is 0. The van der Waals surface area contributed by atoms with Gasteiger partial charge in [0, 0.05) is 0 Å². The molecule has 0 fully saturated rings. The van der Waals surface area contributed by atoms with E-state index in [0.717, 1.165) is 22.4 Å². The van der Waals surface area contributed by atoms with Gasteiger partial charge < -0.3 is 9.84 Å². The first kappa shape index (κ1) is 15.8. The first-order valence-electron chi connectivity index (χ1n) is 7.78. The van der Waals surface area contributed by atoms with E-state index in [2.05, 4.69) is 12.1 Å². The molecule has 0 amide bonds. The fourth-order valence-corrected chi connectivity index (χ4v) is 2.47. The zero-order valence-corrected chi connectivity index (χ0v) is 13.2. The number of ether oxygens (including phenoxy) is 1. The van der Waals surface area contributed by atoms with Crippen molar-refractivity contribution in [3.8, 4) is 16.9 Å². The van der Waals surface area contributed by atoms with Gasteiger partial charge in [0.2, 0.25) is 0 Å². The maximum atomic E-state index is 10.7. The average molecular weight is 318 g/mol. The second-order valence-electron chi connectivity index (χ2n) is 5.57. The van der Waals surface area contributed by atoms with Crippen molar-refractivity contribution in [2.75, 3.05) is 0 Å². The van der Waals surface area contributed by atoms with Gasteiger partial charge in [0.15, 0.2) is 0 Å². The van der Waals surface area contributed by atoms with E-state index in [-0.39, 0.29) is 6.42 Å². The van der Waals surface area contributed by atoms with E-state index in [4.69, 9.17) is 9.84 Å². The Bertz CT molecular complexity index is 791. The largest absolute Gasteiger partial charge is 0.489 e. The topological polar surface area (TPSA) is 46.5 Å². The molecule has 3 heteroatoms. The van der Waals surface area contributed by atoms with Crippen LogP contribution in [0, 0.1) is 0 Å². The molecule has 24 heavy (non-hydrogen) atoms. The van der Waals surface area contributed by atoms with Gasteiger partial charge in [-0.2, -0.15) is 0 Å². The molecule has 3 aromatic rings. The molecule has 0 aliphatic heterocycles. The van der Waals surface area contributed by atoms with Crippen molar-refractivity contribution in [1.29, 1.82) is 0 Å². The zero-order chi connectivity index (χ0) is 16.8. The van der Waals surface area contributed by atoms with Gasteiger partial charge >= 0.3 is 5.97 Å². The minimum Gasteiger partial charge on any atom is -0.489 e. The zero-order valence-electron chi connectivity index (χ0n) is 13.2. The summed E-state index contributed by atoms with van der Waals surface area (Å²) in [7, 11) is 0. The Labute approximate surface area is 141 Å². The standard InChI is InChI=1S/C21H18O3/c22-21(23)14-16-6-8-17(9-7-16)15-24-20-12-10-19(11-13-20)18-4-2-1-3-5-18/h1-13H,14-15H2,(H,22,23). The second kappa shape index (κ2) is 7.47. The van der Waals surface area contributed by atoms with Crippen molar-refractivity contribution < 1.29 is 14.6 Å². The quantitative estimate of drug-likeness (QED) is 0.725. The van der Waals surface area contributed by atoms with E-state index in [1.807, 2.05) is 66.7 Å². The highest BCUT2D eigenvalue weighted by molar-refractivity contribution is 5.70. The predicted molar refractivity (Wildman–Crippen MR) is 94.0 cm³/mol. The summed E-state index contributed by atoms with van der Waals surface area (Å²) in [6.45, 7) is 0.456. The van der Waals surface area contributed by atoms with E-state index in [1.54, 1.807) is 0 Å². The molecule has 0 saturated carbocycles. The molecule has 3 rings (SSSR count). The first-order chi connectivity index (χ1) is 11.7. The molecule has 0 unspecified atom stereocenters. The van der Waals surface area contributed by atoms with Gasteiger partial charge in [-0.05, 0) is 34.4 Å². The Kier molecular flexibility index (Phi) is 4.92. The van der Waals surface area contributed by atoms with Crippen molar-refractivity contribution in [2.45, 2.75) is 13.0 Å². The molecule has 3 aromatic carbocycles. The van der Waals surface area contributed by atoms with Crippen LogP contribution in [0.1, 0.15) is 11.1 Å². The van der Waals surface area contributed by atoms with Crippen molar-refractivity contribution in [2.24, 2.45) is 0 Å². The molecule has 0 atom stereocenters. The minimum absolute atomic E-state index is 0.0437. The fourth-order valence-electron chi connectivity index (χ4n) is 2.47. The summed E-state index contributed by atoms with van der Waals surface area (Å²) in [6.07, 6.45) is 0.0437. The van der Waals surface area contributed by atoms with Crippen molar-refractivity contribution in [3.05, 3.63) is 90.0 Å². The third kappa shape index (κ3) is 4.23. The van der Waals surface area contributed by atoms with Crippen LogP contribution >= 0.6 is 0 Å². The molecule has 0 aliphatic rings. The van der Waals surface area contributed by atoms with E-state index in [9.17, 15) is 4.79 Å². The molecule has 0 saturated heterocycles. The third-order valence-corrected chi connectivity index (χ3v) is 3.75. The lowest BCUT2D eigenvalue weighted by molar-refractivity contribution is -0.136. The van der Waals surface area contributed by atoms with Crippen LogP contribution in [0.15, 0.2) is 78.9 Å². The number of benzene rings is 3. The SMILES string of the molecule is O=C(O)Cc1ccc(COc2ccc(-c3ccccc3)cc2)cc1. The van der Waals surface area contributed by atoms with E-state index < -0.39 is 5.97 Å². The van der Waals surface area contributed by atoms with Gasteiger partial charge in [-0.3, -0.25) is 4.79 Å². The van der Waals surface area contributed by atoms with Gasteiger partial charge in [-0.1, -0.05) is 66.7 Å². The van der Waals surface area contributed by atoms with Gasteiger partial charge in [-0.15, -0.1) is 0 Å². The second-order valence-corrected chi connectivity index (χ2v) is 5.57. The van der Waals surface area contributed by atoms with Crippen LogP contribution in [0.5, 0.6) is 5.75 Å². The molecule has 120 valence electrons. The molecule has 0 spiro atoms. The van der Waals surface area contributed by atoms with Crippen LogP contribution in [0.25, 0.3) is 11.1 Å². The predicted octanol–water partition coefficient (Wildman–Crippen LogP) is 4.56. The van der Waals surface area contributed by atoms with Gasteiger partial charge in [0.25, 0.3) is 0 Å². The number of carbonyl (C=O) groups is 1. The Morgan fingerprint density at radius 2 is 1.33 bits per heavy atom. The number of carboxylic acids is 1. The van der Waals surface area contributed by atoms with Crippen LogP contribution in [0.3, 0.4) is 0 Å². The summed E-state index contributed by atoms with van der Waals surface area (Å²) in [6, 6.07) is 25.7. The Morgan fingerprint density at radius 1 is 0.750 bits per heavy atom. The number of rotatable bonds is 6. The number of carboxylic acid groups (broad SMARTS) is 1. The monoisotopic (exact) mass is 318 g/mol. The molecular weight excluding hydrogens is 300 g/mol. The smallest absolute Gasteiger partial charge is 0.307 e. The molecule has 0 radical (unpaired) electrons. The molecule has 0 aromatic heterocycles. The maximum Gasteiger partial charge on any atom is 0.307 e. The van der Waals surface area contributed by atoms with Crippen molar-refractivity contribution in [1.82, 2.24) is 0 Å². The number of hydrogen-bond donors (Lipinski definition) is 1. The van der Waals surface area contributed by atoms with Gasteiger partial charge in [0.05, 0.1) is 6.42 Å². The molecule has 1 N–H and O–H groups in total. The molecule has 0 heterocycles. The highest BCUT2D eigenvalue weighted by Gasteiger charge is 2.02. The maximum absolute atomic E-state index is 10.7. The average Bonchev–Trinajstić information content (AvgIpc) is 2.62. The van der Waals surface area contributed by atoms with E-state index in [0.29, 0.717) is 6.61 Å². The lowest BCUT2D eigenvalue weighted by Crippen LogP contribution is -2.00. The lowest BCUT2D eigenvalue weighted by atomic mass is 10.1. The van der Waals surface area contributed by atoms with E-state index >= 15 is 0 Å². The van der Waals surface area contributed by atoms with Crippen LogP contribution in [-0.4, -0.2) is 11.1 Å². The highest BCUT2D eigenvalue weighted by Crippen LogP contribution is 2.22. The van der Waals surface area contributed by atoms with Gasteiger partial charge in [-0.25, -0.2) is 0 Å². The lowest BCUT2D eigenvalue weighted by Gasteiger charge is -2.08. The Morgan fingerprint density at radius 3 is 1.96 bits per heavy atom. The summed E-state index contributed by atoms with van der Waals surface area (Å²) in [4.78, 5) is 10.7. The molecule has 0 bridgehead atoms. The van der Waals surface area contributed by atoms with Crippen LogP contribution in [0.2, 0.25) is 0 Å². The van der Waals surface area contributed by atoms with Crippen LogP contribution < -0.4 is 4.74 Å². The third-order valence-electron chi connectivity index (χ3n) is 3.75. The summed E-state index contributed by atoms with van der Waals surface area (Å²) < 4.78 is 5.79. The Balaban J connectivity index is 1.59. The van der Waals surface area contributed by atoms with Crippen LogP contribution in [0.4, 0.5) is 0 Å². The summed E-state index contributed by atoms with van der Waals surface area (Å²) in [5.41, 5.74) is 4.13. The fraction of sp³-hybridized carbons (Fsp3) is 0.0952. The Hall–Kier alpha value is -3.07. The highest BCUT2D eigenvalue weighted by atomic mass is 16.5. The number of aliphatic carboxylic acids is 1. The minimum atomic E-state index is -0.822. The first-order valence-corrected chi connectivity index (χ1v) is 7.78. The normalized spacial score (nSPS) is 10.3. The van der Waals surface area contributed by atoms with Crippen molar-refractivity contribution in [3.63, 3.8) is 0 Å². The van der Waals surface area contributed by atoms with Gasteiger partial charge in [0.1, 0.15) is 12.4 Å². The van der Waals surface area contributed by atoms with Crippen molar-refractivity contribution >= 4 is 5.97 Å². The summed E-state index contributed by atoms with van der Waals surface area (Å²) in [5, 5.41) is 8.77. The summed E-state index contributed by atoms with van der Waals surface area (Å²) in [5.74, 6) is -0.0122. The molecule has 3 nitrogen and oxygen atoms in total. The van der Waals surface area contributed by atoms with E-state index in [1.165, 1.54) is 5.56 Å². The number of hydrogen-bond acceptors (Lipinski definition) is 2.